The Morgan fingerprint density at radius 3 is 2.91 bits per heavy atom. The third-order valence-corrected chi connectivity index (χ3v) is 4.99. The van der Waals surface area contributed by atoms with E-state index in [2.05, 4.69) is 22.5 Å². The zero-order valence-electron chi connectivity index (χ0n) is 12.9. The summed E-state index contributed by atoms with van der Waals surface area (Å²) in [5.41, 5.74) is 2.55. The van der Waals surface area contributed by atoms with Gasteiger partial charge < -0.3 is 39.9 Å². The number of fused-ring (bicyclic) bond motifs is 3. The minimum atomic E-state index is -0.00824. The zero-order valence-corrected chi connectivity index (χ0v) is 14.5. The van der Waals surface area contributed by atoms with E-state index in [-0.39, 0.29) is 30.7 Å². The van der Waals surface area contributed by atoms with Gasteiger partial charge in [0.15, 0.2) is 5.58 Å². The number of pyridine rings is 1. The number of rotatable bonds is 3. The molecule has 0 aromatic carbocycles. The number of aryl methyl sites for hydroxylation is 1. The van der Waals surface area contributed by atoms with Crippen LogP contribution >= 0.6 is 0 Å². The molecule has 2 bridgehead atoms. The topological polar surface area (TPSA) is 73.0 Å². The molecule has 2 aromatic heterocycles. The molecule has 1 amide bonds. The van der Waals surface area contributed by atoms with Crippen LogP contribution in [0.5, 0.6) is 0 Å². The van der Waals surface area contributed by atoms with Crippen LogP contribution in [0.4, 0.5) is 0 Å². The van der Waals surface area contributed by atoms with E-state index in [1.54, 1.807) is 12.5 Å². The van der Waals surface area contributed by atoms with Gasteiger partial charge in [0.25, 0.3) is 5.69 Å². The summed E-state index contributed by atoms with van der Waals surface area (Å²) in [7, 11) is 0. The number of carbonyl (C=O) groups excluding carboxylic acids is 1. The van der Waals surface area contributed by atoms with Crippen LogP contribution in [0, 0.1) is 0 Å². The van der Waals surface area contributed by atoms with Gasteiger partial charge in [-0.3, -0.25) is 4.79 Å². The summed E-state index contributed by atoms with van der Waals surface area (Å²) in [5.74, 6) is -0.00824. The summed E-state index contributed by atoms with van der Waals surface area (Å²) in [5, 5.41) is 6.64. The van der Waals surface area contributed by atoms with Crippen LogP contribution in [-0.2, 0) is 6.42 Å². The van der Waals surface area contributed by atoms with Crippen LogP contribution in [-0.4, -0.2) is 24.0 Å². The lowest BCUT2D eigenvalue weighted by atomic mass is 9.95. The molecule has 3 atom stereocenters. The highest BCUT2D eigenvalue weighted by atomic mass is 35.5. The van der Waals surface area contributed by atoms with Gasteiger partial charge in [-0.2, -0.15) is 0 Å². The van der Waals surface area contributed by atoms with Gasteiger partial charge in [-0.1, -0.05) is 6.92 Å². The van der Waals surface area contributed by atoms with E-state index in [1.165, 1.54) is 12.8 Å². The van der Waals surface area contributed by atoms with Gasteiger partial charge in [0, 0.05) is 30.7 Å². The Balaban J connectivity index is 0.000000960. The van der Waals surface area contributed by atoms with E-state index in [0.717, 1.165) is 29.4 Å². The van der Waals surface area contributed by atoms with Crippen LogP contribution in [0.15, 0.2) is 22.9 Å². The largest absolute Gasteiger partial charge is 1.00 e. The summed E-state index contributed by atoms with van der Waals surface area (Å²) in [6, 6.07) is 3.51. The molecule has 23 heavy (non-hydrogen) atoms. The second kappa shape index (κ2) is 7.07. The number of amides is 1. The highest BCUT2D eigenvalue weighted by molar-refractivity contribution is 5.94. The molecule has 0 aliphatic carbocycles. The summed E-state index contributed by atoms with van der Waals surface area (Å²) < 4.78 is 5.48. The molecule has 5 nitrogen and oxygen atoms in total. The molecule has 0 spiro atoms. The number of carbonyl (C=O) groups is 1. The van der Waals surface area contributed by atoms with Crippen molar-refractivity contribution >= 4 is 16.9 Å². The van der Waals surface area contributed by atoms with E-state index < -0.39 is 0 Å². The molecule has 4 rings (SSSR count). The fraction of sp³-hybridized carbons (Fsp3) is 0.500. The summed E-state index contributed by atoms with van der Waals surface area (Å²) >= 11 is 0. The molecule has 2 fully saturated rings. The van der Waals surface area contributed by atoms with Crippen LogP contribution in [0.2, 0.25) is 0 Å². The molecule has 0 radical (unpaired) electrons. The van der Waals surface area contributed by atoms with Crippen molar-refractivity contribution in [2.45, 2.75) is 50.7 Å². The predicted octanol–water partition coefficient (Wildman–Crippen LogP) is -5.59. The number of aromatic nitrogens is 1. The molecule has 126 valence electrons. The van der Waals surface area contributed by atoms with Gasteiger partial charge >= 0.3 is 5.91 Å². The number of aromatic amines is 1. The number of nitrogens with one attached hydrogen (secondary N) is 2. The van der Waals surface area contributed by atoms with Crippen LogP contribution in [0.3, 0.4) is 0 Å². The quantitative estimate of drug-likeness (QED) is 0.575. The first-order valence-corrected chi connectivity index (χ1v) is 7.82. The number of hydrogen-bond donors (Lipinski definition) is 2. The van der Waals surface area contributed by atoms with Crippen molar-refractivity contribution in [3.8, 4) is 0 Å². The predicted molar refractivity (Wildman–Crippen MR) is 76.8 cm³/mol. The number of hydrogen-bond acceptors (Lipinski definition) is 2. The molecular formula is C16H21Cl2N3O2. The SMILES string of the molecule is CCc1coc2c[nH+]c(C(=O)N[C@@H]3CC4CCC3[NH2+]4)cc12.[Cl-].[Cl-]. The number of H-pyrrole nitrogens is 1. The number of furan rings is 1. The molecule has 2 aliphatic heterocycles. The minimum absolute atomic E-state index is 0. The summed E-state index contributed by atoms with van der Waals surface area (Å²) in [6.07, 6.45) is 8.06. The Labute approximate surface area is 147 Å². The lowest BCUT2D eigenvalue weighted by molar-refractivity contribution is -0.682. The molecule has 2 aromatic rings. The highest BCUT2D eigenvalue weighted by Crippen LogP contribution is 2.23. The summed E-state index contributed by atoms with van der Waals surface area (Å²) in [4.78, 5) is 15.5. The maximum Gasteiger partial charge on any atom is 0.316 e. The van der Waals surface area contributed by atoms with Crippen molar-refractivity contribution in [3.05, 3.63) is 29.8 Å². The maximum atomic E-state index is 12.5. The third-order valence-electron chi connectivity index (χ3n) is 4.99. The average Bonchev–Trinajstić information content (AvgIpc) is 3.21. The van der Waals surface area contributed by atoms with Gasteiger partial charge in [0.1, 0.15) is 6.04 Å². The molecule has 7 heteroatoms. The molecule has 4 heterocycles. The van der Waals surface area contributed by atoms with Crippen LogP contribution < -0.4 is 40.4 Å². The molecule has 2 aliphatic rings. The van der Waals surface area contributed by atoms with Gasteiger partial charge in [-0.05, 0) is 12.0 Å². The van der Waals surface area contributed by atoms with E-state index >= 15 is 0 Å². The van der Waals surface area contributed by atoms with Crippen molar-refractivity contribution in [3.63, 3.8) is 0 Å². The number of quaternary nitrogens is 1. The minimum Gasteiger partial charge on any atom is -1.00 e. The highest BCUT2D eigenvalue weighted by Gasteiger charge is 2.44. The number of nitrogens with two attached hydrogens (primary N) is 1. The second-order valence-electron chi connectivity index (χ2n) is 6.25. The van der Waals surface area contributed by atoms with E-state index in [4.69, 9.17) is 4.42 Å². The molecule has 0 saturated carbocycles. The first-order chi connectivity index (χ1) is 10.2. The Kier molecular flexibility index (Phi) is 5.55. The van der Waals surface area contributed by atoms with E-state index in [9.17, 15) is 4.79 Å². The van der Waals surface area contributed by atoms with Gasteiger partial charge in [0.2, 0.25) is 6.20 Å². The Morgan fingerprint density at radius 1 is 1.43 bits per heavy atom. The Hall–Kier alpha value is -1.30. The van der Waals surface area contributed by atoms with E-state index in [1.807, 2.05) is 6.07 Å². The monoisotopic (exact) mass is 357 g/mol. The van der Waals surface area contributed by atoms with Gasteiger partial charge in [0.05, 0.1) is 18.3 Å². The standard InChI is InChI=1S/C16H19N3O2.2ClH/c1-2-9-8-21-15-7-17-14(6-11(9)15)16(20)19-13-5-10-3-4-12(13)18-10;;/h6-8,10,12-13,18H,2-5H2,1H3,(H,19,20);2*1H/t10?,12?,13-;;/m1../s1. The van der Waals surface area contributed by atoms with E-state index in [0.29, 0.717) is 23.8 Å². The Bertz CT molecular complexity index is 704. The fourth-order valence-corrected chi connectivity index (χ4v) is 3.82. The molecule has 2 unspecified atom stereocenters. The van der Waals surface area contributed by atoms with Crippen molar-refractivity contribution in [2.75, 3.05) is 0 Å². The van der Waals surface area contributed by atoms with Crippen molar-refractivity contribution in [1.29, 1.82) is 0 Å². The van der Waals surface area contributed by atoms with Crippen molar-refractivity contribution < 1.29 is 44.3 Å². The average molecular weight is 358 g/mol. The summed E-state index contributed by atoms with van der Waals surface area (Å²) in [6.45, 7) is 2.09. The normalized spacial score (nSPS) is 25.0. The van der Waals surface area contributed by atoms with Crippen LogP contribution in [0.1, 0.15) is 42.2 Å². The first kappa shape index (κ1) is 18.0. The van der Waals surface area contributed by atoms with Crippen molar-refractivity contribution in [1.82, 2.24) is 5.32 Å². The lowest BCUT2D eigenvalue weighted by Gasteiger charge is -2.16. The van der Waals surface area contributed by atoms with Crippen LogP contribution in [0.25, 0.3) is 11.0 Å². The maximum absolute atomic E-state index is 12.5. The third kappa shape index (κ3) is 3.18. The molecular weight excluding hydrogens is 337 g/mol. The smallest absolute Gasteiger partial charge is 0.316 e. The fourth-order valence-electron chi connectivity index (χ4n) is 3.82. The van der Waals surface area contributed by atoms with Gasteiger partial charge in [-0.25, -0.2) is 4.98 Å². The lowest BCUT2D eigenvalue weighted by Crippen LogP contribution is -3.00. The second-order valence-corrected chi connectivity index (χ2v) is 6.25. The molecule has 2 saturated heterocycles. The molecule has 4 N–H and O–H groups in total. The van der Waals surface area contributed by atoms with Crippen molar-refractivity contribution in [2.24, 2.45) is 0 Å². The first-order valence-electron chi connectivity index (χ1n) is 7.82. The number of halogens is 2. The Morgan fingerprint density at radius 2 is 2.26 bits per heavy atom. The van der Waals surface area contributed by atoms with Gasteiger partial charge in [-0.15, -0.1) is 0 Å². The zero-order chi connectivity index (χ0) is 14.4.